The molecular formula is C12H10BrN3O. The van der Waals surface area contributed by atoms with E-state index in [9.17, 15) is 4.79 Å². The van der Waals surface area contributed by atoms with E-state index < -0.39 is 0 Å². The van der Waals surface area contributed by atoms with Crippen molar-refractivity contribution < 1.29 is 4.79 Å². The van der Waals surface area contributed by atoms with E-state index in [0.717, 1.165) is 21.5 Å². The molecular weight excluding hydrogens is 282 g/mol. The van der Waals surface area contributed by atoms with Crippen molar-refractivity contribution in [2.75, 3.05) is 0 Å². The molecule has 1 aromatic carbocycles. The van der Waals surface area contributed by atoms with Gasteiger partial charge in [0.05, 0.1) is 12.2 Å². The Morgan fingerprint density at radius 3 is 2.94 bits per heavy atom. The smallest absolute Gasteiger partial charge is 0.235 e. The third-order valence-corrected chi connectivity index (χ3v) is 3.06. The van der Waals surface area contributed by atoms with Gasteiger partial charge in [0.15, 0.2) is 0 Å². The number of hydrogen-bond acceptors (Lipinski definition) is 3. The first-order chi connectivity index (χ1) is 8.22. The summed E-state index contributed by atoms with van der Waals surface area (Å²) in [5.74, 6) is 0.921. The number of nitrogens with zero attached hydrogens (tertiary/aromatic N) is 3. The molecule has 2 aromatic rings. The van der Waals surface area contributed by atoms with Crippen LogP contribution in [0, 0.1) is 6.92 Å². The lowest BCUT2D eigenvalue weighted by Gasteiger charge is -2.08. The molecule has 2 rings (SSSR count). The molecule has 5 heteroatoms. The lowest BCUT2D eigenvalue weighted by Crippen LogP contribution is -1.97. The van der Waals surface area contributed by atoms with E-state index in [1.54, 1.807) is 6.20 Å². The highest BCUT2D eigenvalue weighted by Crippen LogP contribution is 2.23. The maximum atomic E-state index is 10.0. The van der Waals surface area contributed by atoms with Crippen LogP contribution in [-0.2, 0) is 11.3 Å². The van der Waals surface area contributed by atoms with Crippen molar-refractivity contribution in [2.45, 2.75) is 13.5 Å². The molecule has 0 fully saturated rings. The van der Waals surface area contributed by atoms with E-state index in [1.807, 2.05) is 35.9 Å². The fraction of sp³-hybridized carbons (Fsp3) is 0.167. The molecule has 0 radical (unpaired) electrons. The second-order valence-electron chi connectivity index (χ2n) is 3.54. The van der Waals surface area contributed by atoms with Crippen LogP contribution in [0.25, 0.3) is 5.69 Å². The molecule has 0 saturated heterocycles. The highest BCUT2D eigenvalue weighted by molar-refractivity contribution is 9.10. The summed E-state index contributed by atoms with van der Waals surface area (Å²) in [6, 6.07) is 5.84. The molecule has 0 unspecified atom stereocenters. The molecule has 0 saturated carbocycles. The minimum Gasteiger partial charge on any atom is -0.303 e. The maximum absolute atomic E-state index is 10.0. The predicted octanol–water partition coefficient (Wildman–Crippen LogP) is 2.78. The van der Waals surface area contributed by atoms with Crippen molar-refractivity contribution >= 4 is 22.0 Å². The van der Waals surface area contributed by atoms with Crippen molar-refractivity contribution in [3.8, 4) is 5.69 Å². The largest absolute Gasteiger partial charge is 0.303 e. The monoisotopic (exact) mass is 291 g/mol. The summed E-state index contributed by atoms with van der Waals surface area (Å²) in [5, 5.41) is 0. The Balaban J connectivity index is 2.38. The van der Waals surface area contributed by atoms with Gasteiger partial charge in [-0.3, -0.25) is 0 Å². The van der Waals surface area contributed by atoms with Crippen LogP contribution >= 0.6 is 15.9 Å². The van der Waals surface area contributed by atoms with E-state index in [2.05, 4.69) is 25.9 Å². The van der Waals surface area contributed by atoms with Gasteiger partial charge in [0.1, 0.15) is 5.82 Å². The topological polar surface area (TPSA) is 47.2 Å². The number of isocyanates is 1. The Morgan fingerprint density at radius 2 is 2.35 bits per heavy atom. The third-order valence-electron chi connectivity index (χ3n) is 2.42. The van der Waals surface area contributed by atoms with E-state index in [4.69, 9.17) is 0 Å². The van der Waals surface area contributed by atoms with Gasteiger partial charge in [-0.15, -0.1) is 0 Å². The minimum absolute atomic E-state index is 0.352. The molecule has 0 atom stereocenters. The SMILES string of the molecule is Cc1nccn1-c1ccc(CN=C=O)cc1Br. The van der Waals surface area contributed by atoms with Crippen molar-refractivity contribution in [1.82, 2.24) is 9.55 Å². The second kappa shape index (κ2) is 5.08. The van der Waals surface area contributed by atoms with Crippen molar-refractivity contribution in [2.24, 2.45) is 4.99 Å². The van der Waals surface area contributed by atoms with Gasteiger partial charge in [-0.05, 0) is 40.5 Å². The molecule has 0 aliphatic carbocycles. The van der Waals surface area contributed by atoms with Gasteiger partial charge in [0.2, 0.25) is 6.08 Å². The van der Waals surface area contributed by atoms with Crippen LogP contribution in [-0.4, -0.2) is 15.6 Å². The average molecular weight is 292 g/mol. The number of benzene rings is 1. The van der Waals surface area contributed by atoms with E-state index in [-0.39, 0.29) is 0 Å². The zero-order chi connectivity index (χ0) is 12.3. The fourth-order valence-electron chi connectivity index (χ4n) is 1.60. The molecule has 0 amide bonds. The Hall–Kier alpha value is -1.71. The molecule has 0 aliphatic rings. The molecule has 17 heavy (non-hydrogen) atoms. The summed E-state index contributed by atoms with van der Waals surface area (Å²) in [7, 11) is 0. The molecule has 1 aromatic heterocycles. The molecule has 0 N–H and O–H groups in total. The number of hydrogen-bond donors (Lipinski definition) is 0. The van der Waals surface area contributed by atoms with Gasteiger partial charge in [-0.1, -0.05) is 6.07 Å². The standard InChI is InChI=1S/C12H10BrN3O/c1-9-15-4-5-16(9)12-3-2-10(6-11(12)13)7-14-8-17/h2-6H,7H2,1H3. The van der Waals surface area contributed by atoms with Crippen LogP contribution < -0.4 is 0 Å². The van der Waals surface area contributed by atoms with E-state index in [0.29, 0.717) is 6.54 Å². The minimum atomic E-state index is 0.352. The number of imidazole rings is 1. The molecule has 0 spiro atoms. The Kier molecular flexibility index (Phi) is 3.52. The maximum Gasteiger partial charge on any atom is 0.235 e. The zero-order valence-corrected chi connectivity index (χ0v) is 10.8. The van der Waals surface area contributed by atoms with Crippen LogP contribution in [0.2, 0.25) is 0 Å². The van der Waals surface area contributed by atoms with Crippen LogP contribution in [0.4, 0.5) is 0 Å². The van der Waals surface area contributed by atoms with Gasteiger partial charge in [0.25, 0.3) is 0 Å². The summed E-state index contributed by atoms with van der Waals surface area (Å²) >= 11 is 3.51. The van der Waals surface area contributed by atoms with Gasteiger partial charge < -0.3 is 4.57 Å². The van der Waals surface area contributed by atoms with Crippen LogP contribution in [0.15, 0.2) is 40.1 Å². The quantitative estimate of drug-likeness (QED) is 0.645. The predicted molar refractivity (Wildman–Crippen MR) is 67.8 cm³/mol. The molecule has 86 valence electrons. The number of aryl methyl sites for hydroxylation is 1. The van der Waals surface area contributed by atoms with E-state index in [1.165, 1.54) is 6.08 Å². The fourth-order valence-corrected chi connectivity index (χ4v) is 2.22. The zero-order valence-electron chi connectivity index (χ0n) is 9.22. The van der Waals surface area contributed by atoms with Crippen LogP contribution in [0.5, 0.6) is 0 Å². The third kappa shape index (κ3) is 2.52. The molecule has 4 nitrogen and oxygen atoms in total. The summed E-state index contributed by atoms with van der Waals surface area (Å²) in [6.07, 6.45) is 5.19. The van der Waals surface area contributed by atoms with Crippen molar-refractivity contribution in [3.05, 3.63) is 46.5 Å². The number of aromatic nitrogens is 2. The molecule has 0 bridgehead atoms. The summed E-state index contributed by atoms with van der Waals surface area (Å²) in [5.41, 5.74) is 1.97. The van der Waals surface area contributed by atoms with Crippen molar-refractivity contribution in [3.63, 3.8) is 0 Å². The number of rotatable bonds is 3. The first-order valence-electron chi connectivity index (χ1n) is 5.05. The van der Waals surface area contributed by atoms with Crippen LogP contribution in [0.1, 0.15) is 11.4 Å². The molecule has 1 heterocycles. The molecule has 0 aliphatic heterocycles. The summed E-state index contributed by atoms with van der Waals surface area (Å²) in [6.45, 7) is 2.29. The lowest BCUT2D eigenvalue weighted by atomic mass is 10.2. The highest BCUT2D eigenvalue weighted by atomic mass is 79.9. The van der Waals surface area contributed by atoms with Crippen LogP contribution in [0.3, 0.4) is 0 Å². The number of aliphatic imine (C=N–C) groups is 1. The lowest BCUT2D eigenvalue weighted by molar-refractivity contribution is 0.563. The van der Waals surface area contributed by atoms with Gasteiger partial charge >= 0.3 is 0 Å². The number of halogens is 1. The Labute approximate surface area is 107 Å². The Morgan fingerprint density at radius 1 is 1.53 bits per heavy atom. The van der Waals surface area contributed by atoms with E-state index >= 15 is 0 Å². The second-order valence-corrected chi connectivity index (χ2v) is 4.39. The average Bonchev–Trinajstić information content (AvgIpc) is 2.73. The summed E-state index contributed by atoms with van der Waals surface area (Å²) < 4.78 is 2.92. The van der Waals surface area contributed by atoms with Gasteiger partial charge in [-0.2, -0.15) is 0 Å². The first kappa shape index (κ1) is 11.8. The normalized spacial score (nSPS) is 10.0. The van der Waals surface area contributed by atoms with Crippen molar-refractivity contribution in [1.29, 1.82) is 0 Å². The van der Waals surface area contributed by atoms with Gasteiger partial charge in [0, 0.05) is 16.9 Å². The highest BCUT2D eigenvalue weighted by Gasteiger charge is 2.05. The Bertz CT molecular complexity index is 585. The number of carbonyl (C=O) groups excluding carboxylic acids is 1. The first-order valence-corrected chi connectivity index (χ1v) is 5.84. The van der Waals surface area contributed by atoms with Gasteiger partial charge in [-0.25, -0.2) is 14.8 Å². The summed E-state index contributed by atoms with van der Waals surface area (Å²) in [4.78, 5) is 17.8.